The fraction of sp³-hybridized carbons (Fsp3) is 0.429. The molecule has 1 heterocycles. The molecule has 108 valence electrons. The Hall–Kier alpha value is -1.40. The van der Waals surface area contributed by atoms with Crippen LogP contribution in [0.1, 0.15) is 6.42 Å². The summed E-state index contributed by atoms with van der Waals surface area (Å²) in [6.07, 6.45) is 0.747. The number of halogens is 1. The topological polar surface area (TPSA) is 58.6 Å². The van der Waals surface area contributed by atoms with E-state index >= 15 is 0 Å². The van der Waals surface area contributed by atoms with E-state index in [0.717, 1.165) is 23.1 Å². The molecule has 5 nitrogen and oxygen atoms in total. The van der Waals surface area contributed by atoms with Crippen molar-refractivity contribution in [3.05, 3.63) is 28.7 Å². The van der Waals surface area contributed by atoms with Crippen molar-refractivity contribution in [1.29, 1.82) is 0 Å². The minimum absolute atomic E-state index is 0.0754. The first-order valence-corrected chi connectivity index (χ1v) is 7.23. The van der Waals surface area contributed by atoms with E-state index in [1.807, 2.05) is 29.2 Å². The Morgan fingerprint density at radius 2 is 2.30 bits per heavy atom. The number of hydrogen-bond donors (Lipinski definition) is 1. The SMILES string of the molecule is COC(=O)C1CCN(CC(=O)Nc2cccc(Br)c2)C1. The number of esters is 1. The minimum atomic E-state index is -0.195. The Labute approximate surface area is 126 Å². The molecule has 0 aliphatic carbocycles. The number of likely N-dealkylation sites (tertiary alicyclic amines) is 1. The molecule has 1 N–H and O–H groups in total. The Bertz CT molecular complexity index is 507. The molecule has 0 radical (unpaired) electrons. The zero-order valence-electron chi connectivity index (χ0n) is 11.3. The maximum absolute atomic E-state index is 11.9. The maximum atomic E-state index is 11.9. The second-order valence-corrected chi connectivity index (χ2v) is 5.72. The van der Waals surface area contributed by atoms with Crippen LogP contribution < -0.4 is 5.32 Å². The van der Waals surface area contributed by atoms with Gasteiger partial charge < -0.3 is 10.1 Å². The number of methoxy groups -OCH3 is 1. The molecule has 0 spiro atoms. The molecular weight excluding hydrogens is 324 g/mol. The smallest absolute Gasteiger partial charge is 0.310 e. The molecule has 1 aromatic carbocycles. The number of anilines is 1. The molecule has 0 bridgehead atoms. The van der Waals surface area contributed by atoms with E-state index in [1.54, 1.807) is 0 Å². The highest BCUT2D eigenvalue weighted by Crippen LogP contribution is 2.18. The fourth-order valence-electron chi connectivity index (χ4n) is 2.31. The van der Waals surface area contributed by atoms with Gasteiger partial charge in [-0.25, -0.2) is 0 Å². The molecule has 1 unspecified atom stereocenters. The van der Waals surface area contributed by atoms with E-state index in [1.165, 1.54) is 7.11 Å². The summed E-state index contributed by atoms with van der Waals surface area (Å²) in [7, 11) is 1.39. The van der Waals surface area contributed by atoms with Crippen LogP contribution in [0.25, 0.3) is 0 Å². The summed E-state index contributed by atoms with van der Waals surface area (Å²) in [5, 5.41) is 2.84. The standard InChI is InChI=1S/C14H17BrN2O3/c1-20-14(19)10-5-6-17(8-10)9-13(18)16-12-4-2-3-11(15)7-12/h2-4,7,10H,5-6,8-9H2,1H3,(H,16,18). The molecule has 1 atom stereocenters. The Balaban J connectivity index is 1.82. The van der Waals surface area contributed by atoms with Crippen molar-refractivity contribution in [2.75, 3.05) is 32.1 Å². The predicted octanol–water partition coefficient (Wildman–Crippen LogP) is 1.88. The van der Waals surface area contributed by atoms with Crippen molar-refractivity contribution in [2.24, 2.45) is 5.92 Å². The van der Waals surface area contributed by atoms with Gasteiger partial charge in [-0.2, -0.15) is 0 Å². The van der Waals surface area contributed by atoms with Gasteiger partial charge in [0.2, 0.25) is 5.91 Å². The first-order valence-electron chi connectivity index (χ1n) is 6.44. The summed E-state index contributed by atoms with van der Waals surface area (Å²) in [6.45, 7) is 1.62. The van der Waals surface area contributed by atoms with Crippen molar-refractivity contribution in [1.82, 2.24) is 4.90 Å². The molecule has 1 aromatic rings. The van der Waals surface area contributed by atoms with Crippen LogP contribution in [0.3, 0.4) is 0 Å². The summed E-state index contributed by atoms with van der Waals surface area (Å²) in [4.78, 5) is 25.3. The van der Waals surface area contributed by atoms with E-state index in [4.69, 9.17) is 4.74 Å². The molecule has 1 aliphatic rings. The average molecular weight is 341 g/mol. The highest BCUT2D eigenvalue weighted by Gasteiger charge is 2.29. The summed E-state index contributed by atoms with van der Waals surface area (Å²) in [5.41, 5.74) is 0.757. The summed E-state index contributed by atoms with van der Waals surface area (Å²) < 4.78 is 5.64. The van der Waals surface area contributed by atoms with Gasteiger partial charge in [0.1, 0.15) is 0 Å². The van der Waals surface area contributed by atoms with Crippen LogP contribution in [-0.4, -0.2) is 43.5 Å². The third-order valence-electron chi connectivity index (χ3n) is 3.28. The number of amides is 1. The van der Waals surface area contributed by atoms with Crippen LogP contribution in [0, 0.1) is 5.92 Å². The predicted molar refractivity (Wildman–Crippen MR) is 79.3 cm³/mol. The summed E-state index contributed by atoms with van der Waals surface area (Å²) in [5.74, 6) is -0.382. The van der Waals surface area contributed by atoms with Crippen LogP contribution in [0.2, 0.25) is 0 Å². The van der Waals surface area contributed by atoms with Gasteiger partial charge in [0.25, 0.3) is 0 Å². The molecule has 0 aromatic heterocycles. The third-order valence-corrected chi connectivity index (χ3v) is 3.78. The van der Waals surface area contributed by atoms with Gasteiger partial charge in [-0.15, -0.1) is 0 Å². The van der Waals surface area contributed by atoms with E-state index in [9.17, 15) is 9.59 Å². The lowest BCUT2D eigenvalue weighted by atomic mass is 10.1. The largest absolute Gasteiger partial charge is 0.469 e. The van der Waals surface area contributed by atoms with Crippen molar-refractivity contribution < 1.29 is 14.3 Å². The van der Waals surface area contributed by atoms with Gasteiger partial charge in [0, 0.05) is 16.7 Å². The van der Waals surface area contributed by atoms with Crippen molar-refractivity contribution in [2.45, 2.75) is 6.42 Å². The zero-order valence-corrected chi connectivity index (χ0v) is 12.9. The van der Waals surface area contributed by atoms with Crippen molar-refractivity contribution >= 4 is 33.5 Å². The third kappa shape index (κ3) is 4.05. The first kappa shape index (κ1) is 15.0. The Morgan fingerprint density at radius 3 is 3.00 bits per heavy atom. The highest BCUT2D eigenvalue weighted by atomic mass is 79.9. The van der Waals surface area contributed by atoms with Gasteiger partial charge in [0.05, 0.1) is 19.6 Å². The molecule has 1 saturated heterocycles. The van der Waals surface area contributed by atoms with Crippen molar-refractivity contribution in [3.8, 4) is 0 Å². The molecule has 1 aliphatic heterocycles. The summed E-state index contributed by atoms with van der Waals surface area (Å²) >= 11 is 3.36. The molecule has 1 fully saturated rings. The monoisotopic (exact) mass is 340 g/mol. The highest BCUT2D eigenvalue weighted by molar-refractivity contribution is 9.10. The molecule has 6 heteroatoms. The van der Waals surface area contributed by atoms with Crippen LogP contribution in [0.4, 0.5) is 5.69 Å². The number of ether oxygens (including phenoxy) is 1. The lowest BCUT2D eigenvalue weighted by Crippen LogP contribution is -2.32. The van der Waals surface area contributed by atoms with Gasteiger partial charge in [-0.3, -0.25) is 14.5 Å². The van der Waals surface area contributed by atoms with Gasteiger partial charge in [-0.1, -0.05) is 22.0 Å². The maximum Gasteiger partial charge on any atom is 0.310 e. The normalized spacial score (nSPS) is 18.8. The lowest BCUT2D eigenvalue weighted by molar-refractivity contribution is -0.145. The number of hydrogen-bond acceptors (Lipinski definition) is 4. The number of benzene rings is 1. The number of rotatable bonds is 4. The van der Waals surface area contributed by atoms with Crippen LogP contribution in [-0.2, 0) is 14.3 Å². The van der Waals surface area contributed by atoms with E-state index in [2.05, 4.69) is 21.2 Å². The lowest BCUT2D eigenvalue weighted by Gasteiger charge is -2.15. The number of carbonyl (C=O) groups is 2. The summed E-state index contributed by atoms with van der Waals surface area (Å²) in [6, 6.07) is 7.45. The second-order valence-electron chi connectivity index (χ2n) is 4.80. The number of carbonyl (C=O) groups excluding carboxylic acids is 2. The van der Waals surface area contributed by atoms with Gasteiger partial charge in [0.15, 0.2) is 0 Å². The van der Waals surface area contributed by atoms with E-state index in [0.29, 0.717) is 13.1 Å². The fourth-order valence-corrected chi connectivity index (χ4v) is 2.70. The van der Waals surface area contributed by atoms with E-state index in [-0.39, 0.29) is 17.8 Å². The minimum Gasteiger partial charge on any atom is -0.469 e. The van der Waals surface area contributed by atoms with Crippen molar-refractivity contribution in [3.63, 3.8) is 0 Å². The first-order chi connectivity index (χ1) is 9.58. The van der Waals surface area contributed by atoms with Crippen LogP contribution in [0.15, 0.2) is 28.7 Å². The zero-order chi connectivity index (χ0) is 14.5. The Kier molecular flexibility index (Phi) is 5.14. The van der Waals surface area contributed by atoms with Crippen LogP contribution >= 0.6 is 15.9 Å². The quantitative estimate of drug-likeness (QED) is 0.850. The molecule has 1 amide bonds. The Morgan fingerprint density at radius 1 is 1.50 bits per heavy atom. The number of nitrogens with zero attached hydrogens (tertiary/aromatic N) is 1. The van der Waals surface area contributed by atoms with Gasteiger partial charge in [-0.05, 0) is 31.2 Å². The molecule has 0 saturated carbocycles. The second kappa shape index (κ2) is 6.85. The molecule has 20 heavy (non-hydrogen) atoms. The number of nitrogens with one attached hydrogen (secondary N) is 1. The van der Waals surface area contributed by atoms with E-state index < -0.39 is 0 Å². The molecule has 2 rings (SSSR count). The average Bonchev–Trinajstić information content (AvgIpc) is 2.86. The molecular formula is C14H17BrN2O3. The van der Waals surface area contributed by atoms with Gasteiger partial charge >= 0.3 is 5.97 Å². The van der Waals surface area contributed by atoms with Crippen LogP contribution in [0.5, 0.6) is 0 Å².